The number of rotatable bonds is 8. The van der Waals surface area contributed by atoms with E-state index in [1.54, 1.807) is 14.2 Å². The van der Waals surface area contributed by atoms with Gasteiger partial charge in [0.1, 0.15) is 5.75 Å². The molecule has 0 atom stereocenters. The third kappa shape index (κ3) is 7.84. The Labute approximate surface area is 151 Å². The van der Waals surface area contributed by atoms with E-state index in [1.807, 2.05) is 19.2 Å². The van der Waals surface area contributed by atoms with Gasteiger partial charge < -0.3 is 19.7 Å². The maximum Gasteiger partial charge on any atom is 0.193 e. The number of benzene rings is 1. The first kappa shape index (κ1) is 21.0. The molecule has 1 N–H and O–H groups in total. The lowest BCUT2D eigenvalue weighted by Gasteiger charge is -2.22. The highest BCUT2D eigenvalue weighted by molar-refractivity contribution is 14.0. The van der Waals surface area contributed by atoms with Crippen LogP contribution in [0.1, 0.15) is 18.9 Å². The summed E-state index contributed by atoms with van der Waals surface area (Å²) in [5, 5.41) is 3.31. The molecule has 0 aliphatic carbocycles. The molecule has 0 aromatic heterocycles. The molecule has 0 saturated heterocycles. The zero-order valence-corrected chi connectivity index (χ0v) is 16.3. The van der Waals surface area contributed by atoms with Crippen molar-refractivity contribution in [3.05, 3.63) is 29.8 Å². The van der Waals surface area contributed by atoms with Crippen molar-refractivity contribution in [3.8, 4) is 5.75 Å². The van der Waals surface area contributed by atoms with Crippen LogP contribution < -0.4 is 10.1 Å². The number of halogens is 1. The Bertz CT molecular complexity index is 424. The molecule has 1 rings (SSSR count). The van der Waals surface area contributed by atoms with Crippen molar-refractivity contribution in [2.45, 2.75) is 19.9 Å². The Hall–Kier alpha value is -1.02. The second-order valence-corrected chi connectivity index (χ2v) is 4.79. The Morgan fingerprint density at radius 1 is 1.23 bits per heavy atom. The predicted molar refractivity (Wildman–Crippen MR) is 102 cm³/mol. The van der Waals surface area contributed by atoms with E-state index in [2.05, 4.69) is 34.3 Å². The molecule has 126 valence electrons. The standard InChI is InChI=1S/C16H27N3O2.HI/c1-5-17-16(18-11-6-12-20-3)19(2)13-14-7-9-15(21-4)10-8-14;/h7-10H,5-6,11-13H2,1-4H3,(H,17,18);1H. The second-order valence-electron chi connectivity index (χ2n) is 4.79. The third-order valence-electron chi connectivity index (χ3n) is 3.04. The fraction of sp³-hybridized carbons (Fsp3) is 0.562. The largest absolute Gasteiger partial charge is 0.497 e. The summed E-state index contributed by atoms with van der Waals surface area (Å²) in [4.78, 5) is 6.73. The highest BCUT2D eigenvalue weighted by Crippen LogP contribution is 2.12. The molecular weight excluding hydrogens is 393 g/mol. The number of ether oxygens (including phenoxy) is 2. The average molecular weight is 421 g/mol. The van der Waals surface area contributed by atoms with Crippen molar-refractivity contribution in [3.63, 3.8) is 0 Å². The molecule has 0 aliphatic heterocycles. The average Bonchev–Trinajstić information content (AvgIpc) is 2.51. The molecule has 0 aliphatic rings. The number of nitrogens with one attached hydrogen (secondary N) is 1. The quantitative estimate of drug-likeness (QED) is 0.304. The first-order chi connectivity index (χ1) is 10.2. The Morgan fingerprint density at radius 3 is 2.45 bits per heavy atom. The summed E-state index contributed by atoms with van der Waals surface area (Å²) in [7, 11) is 5.43. The van der Waals surface area contributed by atoms with Crippen molar-refractivity contribution in [1.29, 1.82) is 0 Å². The summed E-state index contributed by atoms with van der Waals surface area (Å²) < 4.78 is 10.2. The van der Waals surface area contributed by atoms with Crippen molar-refractivity contribution in [2.24, 2.45) is 4.99 Å². The lowest BCUT2D eigenvalue weighted by atomic mass is 10.2. The van der Waals surface area contributed by atoms with Crippen LogP contribution in [0.3, 0.4) is 0 Å². The van der Waals surface area contributed by atoms with Gasteiger partial charge >= 0.3 is 0 Å². The minimum Gasteiger partial charge on any atom is -0.497 e. The van der Waals surface area contributed by atoms with Gasteiger partial charge in [-0.05, 0) is 31.0 Å². The van der Waals surface area contributed by atoms with Crippen LogP contribution in [-0.2, 0) is 11.3 Å². The number of hydrogen-bond acceptors (Lipinski definition) is 3. The Morgan fingerprint density at radius 2 is 1.91 bits per heavy atom. The molecule has 0 unspecified atom stereocenters. The highest BCUT2D eigenvalue weighted by atomic mass is 127. The molecule has 0 bridgehead atoms. The molecule has 0 spiro atoms. The minimum atomic E-state index is 0. The molecule has 5 nitrogen and oxygen atoms in total. The number of aliphatic imine (C=N–C) groups is 1. The Kier molecular flexibility index (Phi) is 11.9. The Balaban J connectivity index is 0.00000441. The van der Waals surface area contributed by atoms with Gasteiger partial charge in [0.25, 0.3) is 0 Å². The lowest BCUT2D eigenvalue weighted by molar-refractivity contribution is 0.197. The summed E-state index contributed by atoms with van der Waals surface area (Å²) in [5.41, 5.74) is 1.22. The van der Waals surface area contributed by atoms with Gasteiger partial charge in [0.15, 0.2) is 5.96 Å². The van der Waals surface area contributed by atoms with E-state index in [-0.39, 0.29) is 24.0 Å². The number of nitrogens with zero attached hydrogens (tertiary/aromatic N) is 2. The zero-order chi connectivity index (χ0) is 15.5. The van der Waals surface area contributed by atoms with Crippen molar-refractivity contribution < 1.29 is 9.47 Å². The first-order valence-corrected chi connectivity index (χ1v) is 7.32. The third-order valence-corrected chi connectivity index (χ3v) is 3.04. The first-order valence-electron chi connectivity index (χ1n) is 7.32. The summed E-state index contributed by atoms with van der Waals surface area (Å²) in [6.45, 7) is 5.25. The van der Waals surface area contributed by atoms with E-state index in [1.165, 1.54) is 5.56 Å². The van der Waals surface area contributed by atoms with Gasteiger partial charge in [-0.3, -0.25) is 4.99 Å². The van der Waals surface area contributed by atoms with Crippen LogP contribution in [0.15, 0.2) is 29.3 Å². The van der Waals surface area contributed by atoms with Gasteiger partial charge in [0, 0.05) is 40.4 Å². The van der Waals surface area contributed by atoms with Crippen LogP contribution in [0.4, 0.5) is 0 Å². The van der Waals surface area contributed by atoms with Crippen molar-refractivity contribution in [1.82, 2.24) is 10.2 Å². The van der Waals surface area contributed by atoms with E-state index in [4.69, 9.17) is 9.47 Å². The number of methoxy groups -OCH3 is 2. The van der Waals surface area contributed by atoms with Gasteiger partial charge in [0.2, 0.25) is 0 Å². The molecule has 22 heavy (non-hydrogen) atoms. The second kappa shape index (κ2) is 12.5. The number of hydrogen-bond donors (Lipinski definition) is 1. The van der Waals surface area contributed by atoms with Crippen LogP contribution >= 0.6 is 24.0 Å². The van der Waals surface area contributed by atoms with Gasteiger partial charge in [0.05, 0.1) is 7.11 Å². The van der Waals surface area contributed by atoms with E-state index < -0.39 is 0 Å². The molecule has 0 fully saturated rings. The summed E-state index contributed by atoms with van der Waals surface area (Å²) >= 11 is 0. The molecular formula is C16H28IN3O2. The van der Waals surface area contributed by atoms with Crippen LogP contribution in [0.25, 0.3) is 0 Å². The highest BCUT2D eigenvalue weighted by Gasteiger charge is 2.06. The molecule has 1 aromatic carbocycles. The monoisotopic (exact) mass is 421 g/mol. The van der Waals surface area contributed by atoms with Crippen LogP contribution in [-0.4, -0.2) is 51.8 Å². The SMILES string of the molecule is CCNC(=NCCCOC)N(C)Cc1ccc(OC)cc1.I. The fourth-order valence-electron chi connectivity index (χ4n) is 1.94. The van der Waals surface area contributed by atoms with Crippen molar-refractivity contribution in [2.75, 3.05) is 41.0 Å². The van der Waals surface area contributed by atoms with Gasteiger partial charge in [-0.25, -0.2) is 0 Å². The van der Waals surface area contributed by atoms with Gasteiger partial charge in [-0.2, -0.15) is 0 Å². The molecule has 0 saturated carbocycles. The summed E-state index contributed by atoms with van der Waals surface area (Å²) in [6, 6.07) is 8.10. The van der Waals surface area contributed by atoms with Crippen LogP contribution in [0.5, 0.6) is 5.75 Å². The predicted octanol–water partition coefficient (Wildman–Crippen LogP) is 2.75. The van der Waals surface area contributed by atoms with Gasteiger partial charge in [-0.15, -0.1) is 24.0 Å². The molecule has 0 radical (unpaired) electrons. The van der Waals surface area contributed by atoms with E-state index in [9.17, 15) is 0 Å². The maximum absolute atomic E-state index is 5.17. The summed E-state index contributed by atoms with van der Waals surface area (Å²) in [5.74, 6) is 1.80. The van der Waals surface area contributed by atoms with Gasteiger partial charge in [-0.1, -0.05) is 12.1 Å². The topological polar surface area (TPSA) is 46.1 Å². The maximum atomic E-state index is 5.17. The van der Waals surface area contributed by atoms with E-state index in [0.29, 0.717) is 0 Å². The summed E-state index contributed by atoms with van der Waals surface area (Å²) in [6.07, 6.45) is 0.932. The van der Waals surface area contributed by atoms with E-state index >= 15 is 0 Å². The molecule has 1 aromatic rings. The molecule has 0 heterocycles. The molecule has 6 heteroatoms. The van der Waals surface area contributed by atoms with Crippen LogP contribution in [0.2, 0.25) is 0 Å². The van der Waals surface area contributed by atoms with Crippen molar-refractivity contribution >= 4 is 29.9 Å². The van der Waals surface area contributed by atoms with Crippen LogP contribution in [0, 0.1) is 0 Å². The van der Waals surface area contributed by atoms with E-state index in [0.717, 1.165) is 44.4 Å². The zero-order valence-electron chi connectivity index (χ0n) is 14.0. The number of guanidine groups is 1. The fourth-order valence-corrected chi connectivity index (χ4v) is 1.94. The molecule has 0 amide bonds. The lowest BCUT2D eigenvalue weighted by Crippen LogP contribution is -2.38. The smallest absolute Gasteiger partial charge is 0.193 e. The normalized spacial score (nSPS) is 10.8. The minimum absolute atomic E-state index is 0.